The van der Waals surface area contributed by atoms with Gasteiger partial charge in [-0.25, -0.2) is 0 Å². The van der Waals surface area contributed by atoms with Crippen molar-refractivity contribution in [1.82, 2.24) is 0 Å². The van der Waals surface area contributed by atoms with Crippen molar-refractivity contribution in [2.75, 3.05) is 0 Å². The van der Waals surface area contributed by atoms with Gasteiger partial charge < -0.3 is 0 Å². The minimum Gasteiger partial charge on any atom is -0.255 e. The third-order valence-electron chi connectivity index (χ3n) is 2.10. The molecule has 0 saturated heterocycles. The highest BCUT2D eigenvalue weighted by atomic mass is 35.6. The molecule has 1 fully saturated rings. The van der Waals surface area contributed by atoms with Crippen molar-refractivity contribution in [2.24, 2.45) is 4.99 Å². The first-order chi connectivity index (χ1) is 6.00. The van der Waals surface area contributed by atoms with Crippen LogP contribution in [0.2, 0.25) is 0 Å². The van der Waals surface area contributed by atoms with Gasteiger partial charge in [-0.05, 0) is 12.8 Å². The Morgan fingerprint density at radius 1 is 1.15 bits per heavy atom. The fraction of sp³-hybridized carbons (Fsp3) is 0.875. The summed E-state index contributed by atoms with van der Waals surface area (Å²) in [5.41, 5.74) is 0. The Morgan fingerprint density at radius 2 is 1.69 bits per heavy atom. The van der Waals surface area contributed by atoms with Gasteiger partial charge >= 0.3 is 0 Å². The first-order valence-electron chi connectivity index (χ1n) is 4.30. The number of aliphatic imine (C=N–C) groups is 1. The van der Waals surface area contributed by atoms with E-state index in [1.807, 2.05) is 0 Å². The lowest BCUT2D eigenvalue weighted by atomic mass is 9.96. The van der Waals surface area contributed by atoms with Crippen LogP contribution in [0.15, 0.2) is 4.99 Å². The highest BCUT2D eigenvalue weighted by molar-refractivity contribution is 6.76. The van der Waals surface area contributed by atoms with Crippen LogP contribution in [0, 0.1) is 0 Å². The third kappa shape index (κ3) is 4.01. The van der Waals surface area contributed by atoms with E-state index in [2.05, 4.69) is 4.99 Å². The lowest BCUT2D eigenvalue weighted by Crippen LogP contribution is -2.19. The molecule has 0 heterocycles. The van der Waals surface area contributed by atoms with E-state index in [-0.39, 0.29) is 6.04 Å². The van der Waals surface area contributed by atoms with Gasteiger partial charge in [0.2, 0.25) is 5.97 Å². The molecule has 1 rings (SSSR count). The van der Waals surface area contributed by atoms with Crippen molar-refractivity contribution < 1.29 is 4.39 Å². The molecule has 0 atom stereocenters. The standard InChI is InChI=1S/C8H11Cl3FN/c9-8(10,11)7(12)13-6-4-2-1-3-5-6/h6H,1-5H2. The molecule has 0 spiro atoms. The Balaban J connectivity index is 2.53. The normalized spacial score (nSPS) is 22.0. The van der Waals surface area contributed by atoms with E-state index >= 15 is 0 Å². The maximum atomic E-state index is 13.0. The van der Waals surface area contributed by atoms with E-state index in [0.29, 0.717) is 0 Å². The highest BCUT2D eigenvalue weighted by Gasteiger charge is 2.29. The predicted molar refractivity (Wildman–Crippen MR) is 55.7 cm³/mol. The van der Waals surface area contributed by atoms with Crippen molar-refractivity contribution >= 4 is 40.8 Å². The number of nitrogens with zero attached hydrogens (tertiary/aromatic N) is 1. The molecule has 1 aliphatic rings. The third-order valence-corrected chi connectivity index (χ3v) is 2.57. The van der Waals surface area contributed by atoms with Crippen molar-refractivity contribution in [3.05, 3.63) is 0 Å². The van der Waals surface area contributed by atoms with Gasteiger partial charge in [0.05, 0.1) is 6.04 Å². The van der Waals surface area contributed by atoms with Gasteiger partial charge in [0, 0.05) is 0 Å². The molecular weight excluding hydrogens is 235 g/mol. The van der Waals surface area contributed by atoms with Crippen LogP contribution in [0.3, 0.4) is 0 Å². The van der Waals surface area contributed by atoms with Gasteiger partial charge in [-0.1, -0.05) is 54.1 Å². The van der Waals surface area contributed by atoms with Gasteiger partial charge in [0.25, 0.3) is 3.79 Å². The number of hydrogen-bond donors (Lipinski definition) is 0. The zero-order valence-corrected chi connectivity index (χ0v) is 9.34. The average molecular weight is 247 g/mol. The summed E-state index contributed by atoms with van der Waals surface area (Å²) in [4.78, 5) is 3.76. The SMILES string of the molecule is FC(=NC1CCCCC1)C(Cl)(Cl)Cl. The van der Waals surface area contributed by atoms with Gasteiger partial charge in [0.1, 0.15) is 0 Å². The van der Waals surface area contributed by atoms with Crippen LogP contribution in [0.4, 0.5) is 4.39 Å². The molecule has 1 saturated carbocycles. The smallest absolute Gasteiger partial charge is 0.255 e. The largest absolute Gasteiger partial charge is 0.259 e. The molecule has 13 heavy (non-hydrogen) atoms. The minimum atomic E-state index is -1.99. The summed E-state index contributed by atoms with van der Waals surface area (Å²) >= 11 is 16.0. The second-order valence-electron chi connectivity index (χ2n) is 3.21. The molecule has 0 radical (unpaired) electrons. The van der Waals surface area contributed by atoms with Crippen LogP contribution in [-0.2, 0) is 0 Å². The summed E-state index contributed by atoms with van der Waals surface area (Å²) in [5.74, 6) is -0.885. The zero-order chi connectivity index (χ0) is 9.90. The molecule has 0 N–H and O–H groups in total. The average Bonchev–Trinajstić information content (AvgIpc) is 2.04. The van der Waals surface area contributed by atoms with Crippen LogP contribution in [0.5, 0.6) is 0 Å². The molecule has 76 valence electrons. The summed E-state index contributed by atoms with van der Waals surface area (Å²) in [6.45, 7) is 0. The molecule has 1 aliphatic carbocycles. The fourth-order valence-electron chi connectivity index (χ4n) is 1.44. The molecule has 0 bridgehead atoms. The Morgan fingerprint density at radius 3 is 2.15 bits per heavy atom. The molecule has 0 aromatic heterocycles. The monoisotopic (exact) mass is 245 g/mol. The first kappa shape index (κ1) is 11.5. The minimum absolute atomic E-state index is 0.00405. The summed E-state index contributed by atoms with van der Waals surface area (Å²) in [7, 11) is 0. The van der Waals surface area contributed by atoms with Crippen molar-refractivity contribution in [3.8, 4) is 0 Å². The Bertz CT molecular complexity index is 194. The zero-order valence-electron chi connectivity index (χ0n) is 7.07. The summed E-state index contributed by atoms with van der Waals surface area (Å²) in [6.07, 6.45) is 5.16. The van der Waals surface area contributed by atoms with Crippen LogP contribution in [0.1, 0.15) is 32.1 Å². The number of alkyl halides is 3. The van der Waals surface area contributed by atoms with E-state index < -0.39 is 9.76 Å². The molecule has 5 heteroatoms. The highest BCUT2D eigenvalue weighted by Crippen LogP contribution is 2.30. The van der Waals surface area contributed by atoms with E-state index in [0.717, 1.165) is 25.7 Å². The van der Waals surface area contributed by atoms with Gasteiger partial charge in [-0.2, -0.15) is 4.39 Å². The van der Waals surface area contributed by atoms with Crippen molar-refractivity contribution in [3.63, 3.8) is 0 Å². The fourth-order valence-corrected chi connectivity index (χ4v) is 1.59. The van der Waals surface area contributed by atoms with E-state index in [4.69, 9.17) is 34.8 Å². The Kier molecular flexibility index (Phi) is 4.27. The van der Waals surface area contributed by atoms with E-state index in [9.17, 15) is 4.39 Å². The number of hydrogen-bond acceptors (Lipinski definition) is 1. The summed E-state index contributed by atoms with van der Waals surface area (Å²) in [6, 6.07) is 0.00405. The van der Waals surface area contributed by atoms with Crippen LogP contribution in [-0.4, -0.2) is 15.8 Å². The maximum absolute atomic E-state index is 13.0. The number of halogens is 4. The maximum Gasteiger partial charge on any atom is 0.259 e. The van der Waals surface area contributed by atoms with Crippen molar-refractivity contribution in [1.29, 1.82) is 0 Å². The van der Waals surface area contributed by atoms with Crippen LogP contribution < -0.4 is 0 Å². The topological polar surface area (TPSA) is 12.4 Å². The molecular formula is C8H11Cl3FN. The Hall–Kier alpha value is 0.470. The van der Waals surface area contributed by atoms with E-state index in [1.165, 1.54) is 6.42 Å². The summed E-state index contributed by atoms with van der Waals surface area (Å²) < 4.78 is 11.1. The predicted octanol–water partition coefficient (Wildman–Crippen LogP) is 4.06. The molecule has 1 nitrogen and oxygen atoms in total. The van der Waals surface area contributed by atoms with E-state index in [1.54, 1.807) is 0 Å². The first-order valence-corrected chi connectivity index (χ1v) is 5.44. The lowest BCUT2D eigenvalue weighted by Gasteiger charge is -2.18. The Labute approximate surface area is 92.3 Å². The molecule has 0 unspecified atom stereocenters. The van der Waals surface area contributed by atoms with Crippen molar-refractivity contribution in [2.45, 2.75) is 41.9 Å². The second kappa shape index (κ2) is 4.81. The second-order valence-corrected chi connectivity index (χ2v) is 5.49. The lowest BCUT2D eigenvalue weighted by molar-refractivity contribution is 0.439. The van der Waals surface area contributed by atoms with Gasteiger partial charge in [0.15, 0.2) is 0 Å². The molecule has 0 aromatic rings. The molecule has 0 aromatic carbocycles. The number of rotatable bonds is 1. The molecule has 0 amide bonds. The molecule has 0 aliphatic heterocycles. The summed E-state index contributed by atoms with van der Waals surface area (Å²) in [5, 5.41) is 0. The van der Waals surface area contributed by atoms with Crippen LogP contribution >= 0.6 is 34.8 Å². The quantitative estimate of drug-likeness (QED) is 0.489. The van der Waals surface area contributed by atoms with Gasteiger partial charge in [-0.3, -0.25) is 4.99 Å². The van der Waals surface area contributed by atoms with Gasteiger partial charge in [-0.15, -0.1) is 0 Å². The van der Waals surface area contributed by atoms with Crippen LogP contribution in [0.25, 0.3) is 0 Å².